The average Bonchev–Trinajstić information content (AvgIpc) is 3.17. The summed E-state index contributed by atoms with van der Waals surface area (Å²) in [5.74, 6) is 0.822. The quantitative estimate of drug-likeness (QED) is 0.434. The van der Waals surface area contributed by atoms with Crippen molar-refractivity contribution >= 4 is 28.6 Å². The van der Waals surface area contributed by atoms with Crippen LogP contribution in [0.15, 0.2) is 18.3 Å². The highest BCUT2D eigenvalue weighted by atomic mass is 32.1. The van der Waals surface area contributed by atoms with Gasteiger partial charge in [0.05, 0.1) is 20.1 Å². The van der Waals surface area contributed by atoms with E-state index in [9.17, 15) is 9.59 Å². The van der Waals surface area contributed by atoms with Crippen LogP contribution in [0.3, 0.4) is 0 Å². The van der Waals surface area contributed by atoms with Gasteiger partial charge in [-0.25, -0.2) is 4.98 Å². The number of methoxy groups -OCH3 is 1. The minimum Gasteiger partial charge on any atom is -0.496 e. The molecule has 3 rings (SSSR count). The van der Waals surface area contributed by atoms with Crippen molar-refractivity contribution in [3.63, 3.8) is 0 Å². The molecule has 0 spiro atoms. The van der Waals surface area contributed by atoms with Gasteiger partial charge in [0.2, 0.25) is 0 Å². The van der Waals surface area contributed by atoms with Gasteiger partial charge in [0.1, 0.15) is 17.1 Å². The molecule has 28 heavy (non-hydrogen) atoms. The van der Waals surface area contributed by atoms with Crippen molar-refractivity contribution in [3.05, 3.63) is 40.0 Å². The van der Waals surface area contributed by atoms with Crippen LogP contribution in [0.2, 0.25) is 0 Å². The predicted molar refractivity (Wildman–Crippen MR) is 110 cm³/mol. The van der Waals surface area contributed by atoms with E-state index < -0.39 is 0 Å². The number of imidazole rings is 1. The Hall–Kier alpha value is -2.67. The second-order valence-corrected chi connectivity index (χ2v) is 7.95. The van der Waals surface area contributed by atoms with E-state index in [4.69, 9.17) is 14.5 Å². The van der Waals surface area contributed by atoms with Gasteiger partial charge in [0, 0.05) is 16.6 Å². The monoisotopic (exact) mass is 400 g/mol. The smallest absolute Gasteiger partial charge is 0.311 e. The van der Waals surface area contributed by atoms with Gasteiger partial charge < -0.3 is 9.47 Å². The minimum absolute atomic E-state index is 0.175. The topological polar surface area (TPSA) is 69.9 Å². The standard InChI is InChI=1S/C21H24N2O4S/c1-6-27-19(25)8-14-10-23-17(11-24)20(22-21(23)28-14)16-9-15(12(2)3)18(26-5)7-13(16)4/h7,9-12H,6,8H2,1-5H3. The van der Waals surface area contributed by atoms with E-state index in [1.165, 1.54) is 11.3 Å². The summed E-state index contributed by atoms with van der Waals surface area (Å²) in [6, 6.07) is 4.04. The number of nitrogens with zero attached hydrogens (tertiary/aromatic N) is 2. The van der Waals surface area contributed by atoms with E-state index in [0.29, 0.717) is 23.0 Å². The zero-order valence-corrected chi connectivity index (χ0v) is 17.6. The fourth-order valence-corrected chi connectivity index (χ4v) is 4.21. The predicted octanol–water partition coefficient (Wildman–Crippen LogP) is 4.42. The third-order valence-corrected chi connectivity index (χ3v) is 5.58. The highest BCUT2D eigenvalue weighted by molar-refractivity contribution is 7.17. The first-order valence-corrected chi connectivity index (χ1v) is 10.0. The van der Waals surface area contributed by atoms with Crippen LogP contribution in [0.4, 0.5) is 0 Å². The van der Waals surface area contributed by atoms with Gasteiger partial charge in [-0.15, -0.1) is 11.3 Å². The van der Waals surface area contributed by atoms with E-state index in [-0.39, 0.29) is 18.3 Å². The molecule has 0 saturated carbocycles. The fourth-order valence-electron chi connectivity index (χ4n) is 3.24. The molecule has 0 saturated heterocycles. The number of ether oxygens (including phenoxy) is 2. The lowest BCUT2D eigenvalue weighted by molar-refractivity contribution is -0.142. The number of aldehydes is 1. The van der Waals surface area contributed by atoms with Gasteiger partial charge in [-0.1, -0.05) is 13.8 Å². The maximum atomic E-state index is 11.9. The van der Waals surface area contributed by atoms with Crippen molar-refractivity contribution in [1.29, 1.82) is 0 Å². The molecule has 148 valence electrons. The van der Waals surface area contributed by atoms with Crippen LogP contribution in [-0.2, 0) is 16.0 Å². The first-order chi connectivity index (χ1) is 13.4. The van der Waals surface area contributed by atoms with Crippen LogP contribution < -0.4 is 4.74 Å². The van der Waals surface area contributed by atoms with Gasteiger partial charge >= 0.3 is 5.97 Å². The molecule has 0 fully saturated rings. The molecular formula is C21H24N2O4S. The zero-order valence-electron chi connectivity index (χ0n) is 16.7. The minimum atomic E-state index is -0.285. The normalized spacial score (nSPS) is 11.2. The molecule has 6 nitrogen and oxygen atoms in total. The van der Waals surface area contributed by atoms with Gasteiger partial charge in [-0.3, -0.25) is 14.0 Å². The van der Waals surface area contributed by atoms with E-state index >= 15 is 0 Å². The number of esters is 1. The molecule has 0 atom stereocenters. The van der Waals surface area contributed by atoms with Gasteiger partial charge in [-0.05, 0) is 43.0 Å². The molecule has 7 heteroatoms. The van der Waals surface area contributed by atoms with Gasteiger partial charge in [0.25, 0.3) is 0 Å². The molecule has 0 N–H and O–H groups in total. The molecule has 1 aromatic carbocycles. The van der Waals surface area contributed by atoms with Crippen LogP contribution in [0.5, 0.6) is 5.75 Å². The Kier molecular flexibility index (Phi) is 5.84. The van der Waals surface area contributed by atoms with Crippen LogP contribution in [0.1, 0.15) is 53.2 Å². The number of carbonyl (C=O) groups excluding carboxylic acids is 2. The Balaban J connectivity index is 2.09. The summed E-state index contributed by atoms with van der Waals surface area (Å²) in [6.07, 6.45) is 2.78. The molecule has 0 unspecified atom stereocenters. The van der Waals surface area contributed by atoms with Crippen molar-refractivity contribution in [2.45, 2.75) is 40.0 Å². The summed E-state index contributed by atoms with van der Waals surface area (Å²) in [4.78, 5) is 29.8. The second kappa shape index (κ2) is 8.14. The third-order valence-electron chi connectivity index (χ3n) is 4.60. The van der Waals surface area contributed by atoms with Crippen molar-refractivity contribution in [2.75, 3.05) is 13.7 Å². The van der Waals surface area contributed by atoms with Gasteiger partial charge in [-0.2, -0.15) is 0 Å². The Morgan fingerprint density at radius 1 is 1.36 bits per heavy atom. The van der Waals surface area contributed by atoms with E-state index in [2.05, 4.69) is 19.9 Å². The number of aryl methyl sites for hydroxylation is 1. The second-order valence-electron chi connectivity index (χ2n) is 6.86. The molecule has 0 aliphatic carbocycles. The number of carbonyl (C=O) groups is 2. The molecule has 3 aromatic rings. The highest BCUT2D eigenvalue weighted by Gasteiger charge is 2.21. The number of rotatable bonds is 7. The number of fused-ring (bicyclic) bond motifs is 1. The Labute approximate surface area is 168 Å². The van der Waals surface area contributed by atoms with Crippen LogP contribution in [-0.4, -0.2) is 35.4 Å². The van der Waals surface area contributed by atoms with Crippen molar-refractivity contribution < 1.29 is 19.1 Å². The SMILES string of the molecule is CCOC(=O)Cc1cn2c(C=O)c(-c3cc(C(C)C)c(OC)cc3C)nc2s1. The molecular weight excluding hydrogens is 376 g/mol. The summed E-state index contributed by atoms with van der Waals surface area (Å²) in [5, 5.41) is 0. The summed E-state index contributed by atoms with van der Waals surface area (Å²) < 4.78 is 12.3. The summed E-state index contributed by atoms with van der Waals surface area (Å²) in [5.41, 5.74) is 4.09. The number of hydrogen-bond acceptors (Lipinski definition) is 6. The van der Waals surface area contributed by atoms with E-state index in [0.717, 1.165) is 33.6 Å². The van der Waals surface area contributed by atoms with E-state index in [1.807, 2.05) is 13.0 Å². The lowest BCUT2D eigenvalue weighted by Gasteiger charge is -2.15. The molecule has 0 aliphatic rings. The number of hydrogen-bond donors (Lipinski definition) is 0. The van der Waals surface area contributed by atoms with Gasteiger partial charge in [0.15, 0.2) is 11.2 Å². The number of thiazole rings is 1. The molecule has 0 radical (unpaired) electrons. The molecule has 2 aromatic heterocycles. The first kappa shape index (κ1) is 20.1. The summed E-state index contributed by atoms with van der Waals surface area (Å²) >= 11 is 1.39. The average molecular weight is 401 g/mol. The molecule has 0 bridgehead atoms. The van der Waals surface area contributed by atoms with Crippen LogP contribution >= 0.6 is 11.3 Å². The summed E-state index contributed by atoms with van der Waals surface area (Å²) in [7, 11) is 1.66. The van der Waals surface area contributed by atoms with Crippen molar-refractivity contribution in [3.8, 4) is 17.0 Å². The Bertz CT molecular complexity index is 1030. The molecule has 2 heterocycles. The third kappa shape index (κ3) is 3.67. The van der Waals surface area contributed by atoms with E-state index in [1.54, 1.807) is 24.6 Å². The lowest BCUT2D eigenvalue weighted by atomic mass is 9.94. The Morgan fingerprint density at radius 3 is 2.71 bits per heavy atom. The Morgan fingerprint density at radius 2 is 2.11 bits per heavy atom. The number of aromatic nitrogens is 2. The number of benzene rings is 1. The van der Waals surface area contributed by atoms with Crippen LogP contribution in [0, 0.1) is 6.92 Å². The maximum absolute atomic E-state index is 11.9. The lowest BCUT2D eigenvalue weighted by Crippen LogP contribution is -2.06. The summed E-state index contributed by atoms with van der Waals surface area (Å²) in [6.45, 7) is 8.31. The van der Waals surface area contributed by atoms with Crippen molar-refractivity contribution in [2.24, 2.45) is 0 Å². The fraction of sp³-hybridized carbons (Fsp3) is 0.381. The molecule has 0 amide bonds. The first-order valence-electron chi connectivity index (χ1n) is 9.20. The largest absolute Gasteiger partial charge is 0.496 e. The highest BCUT2D eigenvalue weighted by Crippen LogP contribution is 2.36. The van der Waals surface area contributed by atoms with Crippen molar-refractivity contribution in [1.82, 2.24) is 9.38 Å². The molecule has 0 aliphatic heterocycles. The van der Waals surface area contributed by atoms with Crippen LogP contribution in [0.25, 0.3) is 16.2 Å². The zero-order chi connectivity index (χ0) is 20.4. The maximum Gasteiger partial charge on any atom is 0.311 e.